The number of hydrogen-bond donors (Lipinski definition) is 1. The van der Waals surface area contributed by atoms with Crippen LogP contribution in [0.25, 0.3) is 5.65 Å². The first kappa shape index (κ1) is 12.3. The molecule has 0 unspecified atom stereocenters. The molecule has 2 rings (SSSR count). The van der Waals surface area contributed by atoms with Crippen LogP contribution in [0.4, 0.5) is 5.95 Å². The van der Waals surface area contributed by atoms with Crippen molar-refractivity contribution in [3.63, 3.8) is 0 Å². The minimum Gasteiger partial charge on any atom is -0.466 e. The first-order valence-corrected chi connectivity index (χ1v) is 6.00. The summed E-state index contributed by atoms with van der Waals surface area (Å²) in [6, 6.07) is 5.69. The topological polar surface area (TPSA) is 68.5 Å². The summed E-state index contributed by atoms with van der Waals surface area (Å²) in [5.41, 5.74) is 0.797. The molecule has 0 radical (unpaired) electrons. The third-order valence-electron chi connectivity index (χ3n) is 2.39. The summed E-state index contributed by atoms with van der Waals surface area (Å²) in [6.07, 6.45) is 2.95. The molecule has 0 aliphatic heterocycles. The molecule has 6 heteroatoms. The monoisotopic (exact) mass is 248 g/mol. The maximum Gasteiger partial charge on any atom is 0.305 e. The summed E-state index contributed by atoms with van der Waals surface area (Å²) >= 11 is 0. The molecule has 2 heterocycles. The van der Waals surface area contributed by atoms with E-state index in [1.165, 1.54) is 0 Å². The molecular formula is C12H16N4O2. The van der Waals surface area contributed by atoms with Crippen molar-refractivity contribution in [1.29, 1.82) is 0 Å². The van der Waals surface area contributed by atoms with E-state index in [0.717, 1.165) is 5.65 Å². The first-order valence-electron chi connectivity index (χ1n) is 6.00. The normalized spacial score (nSPS) is 10.5. The van der Waals surface area contributed by atoms with Gasteiger partial charge in [-0.1, -0.05) is 6.07 Å². The highest BCUT2D eigenvalue weighted by atomic mass is 16.5. The number of carbonyl (C=O) groups is 1. The van der Waals surface area contributed by atoms with Gasteiger partial charge in [-0.25, -0.2) is 4.52 Å². The third-order valence-corrected chi connectivity index (χ3v) is 2.39. The Hall–Kier alpha value is -2.11. The van der Waals surface area contributed by atoms with Gasteiger partial charge in [-0.05, 0) is 25.5 Å². The van der Waals surface area contributed by atoms with Crippen LogP contribution in [-0.4, -0.2) is 33.7 Å². The average molecular weight is 248 g/mol. The van der Waals surface area contributed by atoms with Crippen LogP contribution in [0.2, 0.25) is 0 Å². The van der Waals surface area contributed by atoms with Crippen LogP contribution in [0.1, 0.15) is 19.8 Å². The van der Waals surface area contributed by atoms with E-state index in [0.29, 0.717) is 31.9 Å². The number of nitrogens with zero attached hydrogens (tertiary/aromatic N) is 3. The number of carbonyl (C=O) groups excluding carboxylic acids is 1. The Balaban J connectivity index is 1.78. The summed E-state index contributed by atoms with van der Waals surface area (Å²) in [5.74, 6) is 0.410. The minimum atomic E-state index is -0.165. The number of nitrogens with one attached hydrogen (secondary N) is 1. The van der Waals surface area contributed by atoms with E-state index < -0.39 is 0 Å². The summed E-state index contributed by atoms with van der Waals surface area (Å²) < 4.78 is 6.54. The van der Waals surface area contributed by atoms with Crippen LogP contribution >= 0.6 is 0 Å². The number of aromatic nitrogens is 3. The fraction of sp³-hybridized carbons (Fsp3) is 0.417. The Morgan fingerprint density at radius 2 is 2.39 bits per heavy atom. The second kappa shape index (κ2) is 6.00. The zero-order valence-electron chi connectivity index (χ0n) is 10.3. The third kappa shape index (κ3) is 3.19. The van der Waals surface area contributed by atoms with Crippen LogP contribution in [0.3, 0.4) is 0 Å². The Bertz CT molecular complexity index is 491. The second-order valence-corrected chi connectivity index (χ2v) is 3.77. The average Bonchev–Trinajstić information content (AvgIpc) is 2.77. The molecule has 0 atom stereocenters. The van der Waals surface area contributed by atoms with E-state index >= 15 is 0 Å². The predicted octanol–water partition coefficient (Wildman–Crippen LogP) is 1.48. The predicted molar refractivity (Wildman–Crippen MR) is 67.3 cm³/mol. The summed E-state index contributed by atoms with van der Waals surface area (Å²) in [7, 11) is 0. The molecule has 0 bridgehead atoms. The van der Waals surface area contributed by atoms with Gasteiger partial charge in [-0.15, -0.1) is 5.10 Å². The Labute approximate surface area is 105 Å². The zero-order chi connectivity index (χ0) is 12.8. The smallest absolute Gasteiger partial charge is 0.305 e. The van der Waals surface area contributed by atoms with E-state index in [1.54, 1.807) is 11.4 Å². The highest BCUT2D eigenvalue weighted by Crippen LogP contribution is 2.04. The van der Waals surface area contributed by atoms with E-state index in [-0.39, 0.29) is 5.97 Å². The molecular weight excluding hydrogens is 232 g/mol. The molecule has 0 aliphatic carbocycles. The van der Waals surface area contributed by atoms with E-state index in [9.17, 15) is 4.79 Å². The molecule has 0 amide bonds. The number of esters is 1. The van der Waals surface area contributed by atoms with Gasteiger partial charge >= 0.3 is 5.97 Å². The van der Waals surface area contributed by atoms with Gasteiger partial charge in [0.05, 0.1) is 6.61 Å². The Morgan fingerprint density at radius 1 is 1.50 bits per heavy atom. The van der Waals surface area contributed by atoms with Crippen LogP contribution in [0.5, 0.6) is 0 Å². The fourth-order valence-corrected chi connectivity index (χ4v) is 1.57. The summed E-state index contributed by atoms with van der Waals surface area (Å²) in [4.78, 5) is 15.4. The number of pyridine rings is 1. The van der Waals surface area contributed by atoms with E-state index in [4.69, 9.17) is 4.74 Å². The fourth-order valence-electron chi connectivity index (χ4n) is 1.57. The van der Waals surface area contributed by atoms with Crippen LogP contribution in [0, 0.1) is 0 Å². The van der Waals surface area contributed by atoms with Crippen molar-refractivity contribution in [1.82, 2.24) is 14.6 Å². The van der Waals surface area contributed by atoms with Crippen LogP contribution in [-0.2, 0) is 9.53 Å². The quantitative estimate of drug-likeness (QED) is 0.619. The van der Waals surface area contributed by atoms with Gasteiger partial charge in [0.2, 0.25) is 5.95 Å². The van der Waals surface area contributed by atoms with E-state index in [1.807, 2.05) is 24.4 Å². The largest absolute Gasteiger partial charge is 0.466 e. The maximum absolute atomic E-state index is 11.1. The molecule has 0 fully saturated rings. The van der Waals surface area contributed by atoms with Crippen molar-refractivity contribution in [2.45, 2.75) is 19.8 Å². The molecule has 1 N–H and O–H groups in total. The van der Waals surface area contributed by atoms with Gasteiger partial charge in [-0.2, -0.15) is 4.98 Å². The SMILES string of the molecule is CCOC(=O)CCCNc1nc2ccccn2n1. The lowest BCUT2D eigenvalue weighted by Crippen LogP contribution is -2.08. The first-order chi connectivity index (χ1) is 8.79. The van der Waals surface area contributed by atoms with Crippen LogP contribution in [0.15, 0.2) is 24.4 Å². The standard InChI is InChI=1S/C12H16N4O2/c1-2-18-11(17)7-5-8-13-12-14-10-6-3-4-9-16(10)15-12/h3-4,6,9H,2,5,7-8H2,1H3,(H,13,15). The molecule has 0 saturated carbocycles. The number of anilines is 1. The summed E-state index contributed by atoms with van der Waals surface area (Å²) in [5, 5.41) is 7.32. The van der Waals surface area contributed by atoms with Crippen molar-refractivity contribution < 1.29 is 9.53 Å². The number of hydrogen-bond acceptors (Lipinski definition) is 5. The molecule has 0 spiro atoms. The van der Waals surface area contributed by atoms with Gasteiger partial charge in [0.1, 0.15) is 0 Å². The molecule has 0 aromatic carbocycles. The highest BCUT2D eigenvalue weighted by Gasteiger charge is 2.03. The lowest BCUT2D eigenvalue weighted by molar-refractivity contribution is -0.143. The molecule has 0 aliphatic rings. The van der Waals surface area contributed by atoms with Crippen molar-refractivity contribution in [3.05, 3.63) is 24.4 Å². The molecule has 18 heavy (non-hydrogen) atoms. The van der Waals surface area contributed by atoms with Gasteiger partial charge in [0, 0.05) is 19.2 Å². The number of rotatable bonds is 6. The van der Waals surface area contributed by atoms with Crippen LogP contribution < -0.4 is 5.32 Å². The second-order valence-electron chi connectivity index (χ2n) is 3.77. The van der Waals surface area contributed by atoms with Crippen molar-refractivity contribution >= 4 is 17.6 Å². The molecule has 96 valence electrons. The van der Waals surface area contributed by atoms with Gasteiger partial charge in [-0.3, -0.25) is 4.79 Å². The molecule has 2 aromatic heterocycles. The number of ether oxygens (including phenoxy) is 1. The lowest BCUT2D eigenvalue weighted by atomic mass is 10.3. The zero-order valence-corrected chi connectivity index (χ0v) is 10.3. The van der Waals surface area contributed by atoms with Gasteiger partial charge < -0.3 is 10.1 Å². The molecule has 2 aromatic rings. The Kier molecular flexibility index (Phi) is 4.11. The van der Waals surface area contributed by atoms with Crippen molar-refractivity contribution in [3.8, 4) is 0 Å². The molecule has 0 saturated heterocycles. The Morgan fingerprint density at radius 3 is 3.17 bits per heavy atom. The highest BCUT2D eigenvalue weighted by molar-refractivity contribution is 5.69. The minimum absolute atomic E-state index is 0.165. The number of fused-ring (bicyclic) bond motifs is 1. The van der Waals surface area contributed by atoms with E-state index in [2.05, 4.69) is 15.4 Å². The maximum atomic E-state index is 11.1. The van der Waals surface area contributed by atoms with Crippen molar-refractivity contribution in [2.24, 2.45) is 0 Å². The molecule has 6 nitrogen and oxygen atoms in total. The summed E-state index contributed by atoms with van der Waals surface area (Å²) in [6.45, 7) is 2.88. The van der Waals surface area contributed by atoms with Crippen molar-refractivity contribution in [2.75, 3.05) is 18.5 Å². The lowest BCUT2D eigenvalue weighted by Gasteiger charge is -2.02. The van der Waals surface area contributed by atoms with Gasteiger partial charge in [0.15, 0.2) is 5.65 Å². The van der Waals surface area contributed by atoms with Gasteiger partial charge in [0.25, 0.3) is 0 Å².